The van der Waals surface area contributed by atoms with Gasteiger partial charge in [0, 0.05) is 38.9 Å². The van der Waals surface area contributed by atoms with Crippen LogP contribution >= 0.6 is 0 Å². The van der Waals surface area contributed by atoms with Crippen molar-refractivity contribution in [2.75, 3.05) is 56.7 Å². The second-order valence-corrected chi connectivity index (χ2v) is 7.78. The van der Waals surface area contributed by atoms with Gasteiger partial charge < -0.3 is 24.6 Å². The summed E-state index contributed by atoms with van der Waals surface area (Å²) in [4.78, 5) is 13.8. The molecule has 0 spiro atoms. The number of anilines is 2. The molecular formula is C22H31N5O2. The molecule has 4 rings (SSSR count). The lowest BCUT2D eigenvalue weighted by molar-refractivity contribution is 0.171. The molecule has 0 bridgehead atoms. The first kappa shape index (κ1) is 19.8. The number of ether oxygens (including phenoxy) is 2. The third-order valence-electron chi connectivity index (χ3n) is 5.41. The fourth-order valence-electron chi connectivity index (χ4n) is 3.85. The van der Waals surface area contributed by atoms with Gasteiger partial charge in [-0.3, -0.25) is 0 Å². The van der Waals surface area contributed by atoms with Gasteiger partial charge in [0.05, 0.1) is 0 Å². The number of hydrogen-bond donors (Lipinski definition) is 1. The van der Waals surface area contributed by atoms with E-state index in [9.17, 15) is 0 Å². The highest BCUT2D eigenvalue weighted by atomic mass is 16.6. The van der Waals surface area contributed by atoms with Gasteiger partial charge in [0.15, 0.2) is 11.5 Å². The van der Waals surface area contributed by atoms with Gasteiger partial charge in [-0.15, -0.1) is 0 Å². The maximum Gasteiger partial charge on any atom is 0.224 e. The minimum atomic E-state index is 0.618. The first-order valence-electron chi connectivity index (χ1n) is 10.7. The van der Waals surface area contributed by atoms with E-state index in [1.165, 1.54) is 31.2 Å². The van der Waals surface area contributed by atoms with Crippen LogP contribution in [0, 0.1) is 0 Å². The summed E-state index contributed by atoms with van der Waals surface area (Å²) in [6.07, 6.45) is 6.99. The molecule has 1 aromatic heterocycles. The van der Waals surface area contributed by atoms with Crippen LogP contribution in [0.1, 0.15) is 31.2 Å². The van der Waals surface area contributed by atoms with Crippen molar-refractivity contribution in [2.24, 2.45) is 0 Å². The van der Waals surface area contributed by atoms with Gasteiger partial charge in [-0.1, -0.05) is 18.9 Å². The molecule has 7 heteroatoms. The predicted octanol–water partition coefficient (Wildman–Crippen LogP) is 3.17. The van der Waals surface area contributed by atoms with Crippen LogP contribution in [0.5, 0.6) is 11.5 Å². The Bertz CT molecular complexity index is 793. The lowest BCUT2D eigenvalue weighted by atomic mass is 10.2. The van der Waals surface area contributed by atoms with Crippen LogP contribution in [0.15, 0.2) is 30.5 Å². The van der Waals surface area contributed by atoms with Crippen LogP contribution in [-0.2, 0) is 6.54 Å². The van der Waals surface area contributed by atoms with Crippen molar-refractivity contribution in [3.8, 4) is 11.5 Å². The zero-order chi connectivity index (χ0) is 19.9. The van der Waals surface area contributed by atoms with Crippen molar-refractivity contribution in [1.82, 2.24) is 14.9 Å². The summed E-state index contributed by atoms with van der Waals surface area (Å²) >= 11 is 0. The fourth-order valence-corrected chi connectivity index (χ4v) is 3.85. The lowest BCUT2D eigenvalue weighted by Crippen LogP contribution is -2.27. The third kappa shape index (κ3) is 5.50. The van der Waals surface area contributed by atoms with Gasteiger partial charge in [0.1, 0.15) is 19.0 Å². The highest BCUT2D eigenvalue weighted by Crippen LogP contribution is 2.31. The van der Waals surface area contributed by atoms with Crippen LogP contribution < -0.4 is 19.7 Å². The summed E-state index contributed by atoms with van der Waals surface area (Å²) in [7, 11) is 2.12. The Morgan fingerprint density at radius 1 is 1.03 bits per heavy atom. The van der Waals surface area contributed by atoms with Crippen LogP contribution in [0.4, 0.5) is 11.8 Å². The maximum absolute atomic E-state index is 5.68. The smallest absolute Gasteiger partial charge is 0.224 e. The number of rotatable bonds is 7. The second-order valence-electron chi connectivity index (χ2n) is 7.78. The fraction of sp³-hybridized carbons (Fsp3) is 0.545. The number of hydrogen-bond acceptors (Lipinski definition) is 7. The Hall–Kier alpha value is -2.54. The summed E-state index contributed by atoms with van der Waals surface area (Å²) < 4.78 is 11.3. The normalized spacial score (nSPS) is 16.6. The number of fused-ring (bicyclic) bond motifs is 1. The van der Waals surface area contributed by atoms with Crippen molar-refractivity contribution in [3.63, 3.8) is 0 Å². The predicted molar refractivity (Wildman–Crippen MR) is 115 cm³/mol. The molecule has 0 radical (unpaired) electrons. The summed E-state index contributed by atoms with van der Waals surface area (Å²) in [6, 6.07) is 8.19. The monoisotopic (exact) mass is 397 g/mol. The van der Waals surface area contributed by atoms with Crippen LogP contribution in [0.25, 0.3) is 0 Å². The SMILES string of the molecule is CN(CCNc1nccc(N2CCCCCC2)n1)Cc1ccc2c(c1)OCCO2. The molecular weight excluding hydrogens is 366 g/mol. The number of likely N-dealkylation sites (N-methyl/N-ethyl adjacent to an activating group) is 1. The topological polar surface area (TPSA) is 62.8 Å². The number of nitrogens with zero attached hydrogens (tertiary/aromatic N) is 4. The van der Waals surface area contributed by atoms with E-state index in [2.05, 4.69) is 39.3 Å². The van der Waals surface area contributed by atoms with Gasteiger partial charge in [-0.05, 0) is 43.7 Å². The van der Waals surface area contributed by atoms with Crippen LogP contribution in [0.2, 0.25) is 0 Å². The molecule has 1 saturated heterocycles. The summed E-state index contributed by atoms with van der Waals surface area (Å²) in [5, 5.41) is 3.37. The Kier molecular flexibility index (Phi) is 6.67. The maximum atomic E-state index is 5.68. The van der Waals surface area contributed by atoms with Crippen molar-refractivity contribution in [1.29, 1.82) is 0 Å². The average molecular weight is 398 g/mol. The first-order chi connectivity index (χ1) is 14.3. The van der Waals surface area contributed by atoms with E-state index in [4.69, 9.17) is 14.5 Å². The van der Waals surface area contributed by atoms with Crippen molar-refractivity contribution in [3.05, 3.63) is 36.0 Å². The zero-order valence-electron chi connectivity index (χ0n) is 17.3. The molecule has 2 aliphatic rings. The van der Waals surface area contributed by atoms with Gasteiger partial charge >= 0.3 is 0 Å². The Morgan fingerprint density at radius 3 is 2.66 bits per heavy atom. The summed E-state index contributed by atoms with van der Waals surface area (Å²) in [6.45, 7) is 5.97. The largest absolute Gasteiger partial charge is 0.486 e. The zero-order valence-corrected chi connectivity index (χ0v) is 17.3. The van der Waals surface area contributed by atoms with Crippen molar-refractivity contribution >= 4 is 11.8 Å². The molecule has 0 unspecified atom stereocenters. The van der Waals surface area contributed by atoms with Gasteiger partial charge in [-0.2, -0.15) is 4.98 Å². The summed E-state index contributed by atoms with van der Waals surface area (Å²) in [5.74, 6) is 3.43. The number of benzene rings is 1. The van der Waals surface area contributed by atoms with Gasteiger partial charge in [-0.25, -0.2) is 4.98 Å². The molecule has 1 fully saturated rings. The molecule has 0 amide bonds. The highest BCUT2D eigenvalue weighted by Gasteiger charge is 2.13. The molecule has 3 heterocycles. The van der Waals surface area contributed by atoms with E-state index in [1.807, 2.05) is 18.3 Å². The number of nitrogens with one attached hydrogen (secondary N) is 1. The molecule has 1 aromatic carbocycles. The van der Waals surface area contributed by atoms with E-state index in [-0.39, 0.29) is 0 Å². The Balaban J connectivity index is 1.26. The second kappa shape index (κ2) is 9.78. The van der Waals surface area contributed by atoms with Gasteiger partial charge in [0.2, 0.25) is 5.95 Å². The highest BCUT2D eigenvalue weighted by molar-refractivity contribution is 5.44. The molecule has 2 aromatic rings. The molecule has 2 aliphatic heterocycles. The Morgan fingerprint density at radius 2 is 1.83 bits per heavy atom. The average Bonchev–Trinajstić information content (AvgIpc) is 3.03. The van der Waals surface area contributed by atoms with Crippen molar-refractivity contribution < 1.29 is 9.47 Å². The lowest BCUT2D eigenvalue weighted by Gasteiger charge is -2.22. The molecule has 7 nitrogen and oxygen atoms in total. The quantitative estimate of drug-likeness (QED) is 0.770. The first-order valence-corrected chi connectivity index (χ1v) is 10.7. The molecule has 29 heavy (non-hydrogen) atoms. The molecule has 1 N–H and O–H groups in total. The van der Waals surface area contributed by atoms with E-state index in [0.29, 0.717) is 19.2 Å². The van der Waals surface area contributed by atoms with Gasteiger partial charge in [0.25, 0.3) is 0 Å². The molecule has 0 saturated carbocycles. The molecule has 0 aliphatic carbocycles. The summed E-state index contributed by atoms with van der Waals surface area (Å²) in [5.41, 5.74) is 1.22. The van der Waals surface area contributed by atoms with E-state index >= 15 is 0 Å². The van der Waals surface area contributed by atoms with E-state index in [0.717, 1.165) is 50.0 Å². The number of aromatic nitrogens is 2. The minimum absolute atomic E-state index is 0.618. The third-order valence-corrected chi connectivity index (χ3v) is 5.41. The van der Waals surface area contributed by atoms with Crippen LogP contribution in [0.3, 0.4) is 0 Å². The Labute approximate surface area is 173 Å². The van der Waals surface area contributed by atoms with Crippen molar-refractivity contribution in [2.45, 2.75) is 32.2 Å². The standard InChI is InChI=1S/C22H31N5O2/c1-26(17-18-6-7-19-20(16-18)29-15-14-28-19)13-10-24-22-23-9-8-21(25-22)27-11-4-2-3-5-12-27/h6-9,16H,2-5,10-15,17H2,1H3,(H,23,24,25). The minimum Gasteiger partial charge on any atom is -0.486 e. The van der Waals surface area contributed by atoms with Crippen LogP contribution in [-0.4, -0.2) is 61.3 Å². The molecule has 156 valence electrons. The molecule has 0 atom stereocenters. The van der Waals surface area contributed by atoms with E-state index in [1.54, 1.807) is 0 Å². The van der Waals surface area contributed by atoms with E-state index < -0.39 is 0 Å².